The predicted octanol–water partition coefficient (Wildman–Crippen LogP) is 4.48. The van der Waals surface area contributed by atoms with E-state index in [2.05, 4.69) is 15.6 Å². The number of aliphatic hydroxyl groups excluding tert-OH is 1. The molecule has 41 heavy (non-hydrogen) atoms. The minimum Gasteiger partial charge on any atom is -0.394 e. The van der Waals surface area contributed by atoms with Crippen LogP contribution >= 0.6 is 23.4 Å². The molecular weight excluding hydrogens is 560 g/mol. The van der Waals surface area contributed by atoms with Gasteiger partial charge in [-0.25, -0.2) is 4.98 Å². The maximum atomic E-state index is 13.6. The molecule has 0 bridgehead atoms. The number of halogens is 1. The maximum absolute atomic E-state index is 13.6. The number of amides is 2. The number of imidazole rings is 1. The average Bonchev–Trinajstić information content (AvgIpc) is 3.61. The number of nitrogens with zero attached hydrogens (tertiary/aromatic N) is 4. The van der Waals surface area contributed by atoms with Gasteiger partial charge in [0.2, 0.25) is 0 Å². The monoisotopic (exact) mass is 590 g/mol. The highest BCUT2D eigenvalue weighted by molar-refractivity contribution is 8.14. The number of aromatic nitrogens is 3. The fourth-order valence-corrected chi connectivity index (χ4v) is 6.00. The molecule has 3 aromatic heterocycles. The van der Waals surface area contributed by atoms with Gasteiger partial charge in [-0.2, -0.15) is 0 Å². The second kappa shape index (κ2) is 12.8. The van der Waals surface area contributed by atoms with Crippen molar-refractivity contribution in [3.63, 3.8) is 0 Å². The first kappa shape index (κ1) is 28.8. The molecule has 1 aromatic carbocycles. The first-order valence-corrected chi connectivity index (χ1v) is 14.8. The number of hydrogen-bond acceptors (Lipinski definition) is 7. The number of nitrogens with one attached hydrogen (secondary N) is 2. The number of aliphatic hydroxyl groups is 1. The summed E-state index contributed by atoms with van der Waals surface area (Å²) in [5.74, 6) is 0.307. The van der Waals surface area contributed by atoms with Crippen molar-refractivity contribution in [3.8, 4) is 11.4 Å². The Balaban J connectivity index is 1.42. The molecule has 1 aliphatic heterocycles. The summed E-state index contributed by atoms with van der Waals surface area (Å²) in [5, 5.41) is 17.3. The molecule has 11 heteroatoms. The van der Waals surface area contributed by atoms with Crippen LogP contribution in [-0.4, -0.2) is 67.3 Å². The predicted molar refractivity (Wildman–Crippen MR) is 163 cm³/mol. The summed E-state index contributed by atoms with van der Waals surface area (Å²) in [5.41, 5.74) is 2.73. The van der Waals surface area contributed by atoms with Gasteiger partial charge in [0, 0.05) is 35.3 Å². The topological polar surface area (TPSA) is 121 Å². The molecule has 9 nitrogen and oxygen atoms in total. The van der Waals surface area contributed by atoms with Gasteiger partial charge < -0.3 is 15.7 Å². The Bertz CT molecular complexity index is 1590. The van der Waals surface area contributed by atoms with Gasteiger partial charge >= 0.3 is 0 Å². The van der Waals surface area contributed by atoms with E-state index in [1.165, 1.54) is 0 Å². The standard InChI is InChI=1S/C30H31ClN6O3S/c1-18(2)13-21(16-38)34-29(40)26-25(24-10-3-4-11-32-24)36-27-23(9-6-12-37(26)27)28(39)33-15-22-17-41-30(35-22)19-7-5-8-20(31)14-19/h3-12,14,18,21-22,38H,13,15-17H2,1-2H3,(H,33,39)(H,34,40)/t21-,22?/m0/s1. The van der Waals surface area contributed by atoms with Crippen molar-refractivity contribution in [1.29, 1.82) is 0 Å². The molecule has 212 valence electrons. The number of hydrogen-bond donors (Lipinski definition) is 3. The second-order valence-corrected chi connectivity index (χ2v) is 11.7. The molecule has 5 rings (SSSR count). The molecule has 2 atom stereocenters. The lowest BCUT2D eigenvalue weighted by Gasteiger charge is -2.18. The smallest absolute Gasteiger partial charge is 0.270 e. The molecule has 0 aliphatic carbocycles. The van der Waals surface area contributed by atoms with Gasteiger partial charge in [0.15, 0.2) is 5.65 Å². The fraction of sp³-hybridized carbons (Fsp3) is 0.300. The minimum atomic E-state index is -0.419. The van der Waals surface area contributed by atoms with E-state index in [4.69, 9.17) is 21.6 Å². The van der Waals surface area contributed by atoms with E-state index in [1.807, 2.05) is 44.2 Å². The summed E-state index contributed by atoms with van der Waals surface area (Å²) in [7, 11) is 0. The number of rotatable bonds is 10. The Morgan fingerprint density at radius 3 is 2.73 bits per heavy atom. The fourth-order valence-electron chi connectivity index (χ4n) is 4.75. The molecule has 0 fully saturated rings. The molecule has 4 aromatic rings. The lowest BCUT2D eigenvalue weighted by Crippen LogP contribution is -2.39. The molecule has 4 heterocycles. The van der Waals surface area contributed by atoms with Crippen LogP contribution in [0.25, 0.3) is 17.0 Å². The third-order valence-electron chi connectivity index (χ3n) is 6.61. The Morgan fingerprint density at radius 1 is 1.15 bits per heavy atom. The second-order valence-electron chi connectivity index (χ2n) is 10.2. The quantitative estimate of drug-likeness (QED) is 0.250. The molecule has 0 radical (unpaired) electrons. The van der Waals surface area contributed by atoms with Gasteiger partial charge in [-0.15, -0.1) is 11.8 Å². The van der Waals surface area contributed by atoms with Crippen LogP contribution in [0.4, 0.5) is 0 Å². The van der Waals surface area contributed by atoms with Gasteiger partial charge in [0.1, 0.15) is 11.4 Å². The molecule has 0 spiro atoms. The molecular formula is C30H31ClN6O3S. The third-order valence-corrected chi connectivity index (χ3v) is 8.01. The number of thioether (sulfide) groups is 1. The van der Waals surface area contributed by atoms with Crippen LogP contribution in [-0.2, 0) is 0 Å². The summed E-state index contributed by atoms with van der Waals surface area (Å²) in [6, 6.07) is 15.8. The van der Waals surface area contributed by atoms with Gasteiger partial charge in [-0.3, -0.25) is 24.0 Å². The Morgan fingerprint density at radius 2 is 2.00 bits per heavy atom. The first-order chi connectivity index (χ1) is 19.8. The van der Waals surface area contributed by atoms with Gasteiger partial charge in [0.25, 0.3) is 11.8 Å². The van der Waals surface area contributed by atoms with Crippen LogP contribution in [0.15, 0.2) is 72.0 Å². The first-order valence-electron chi connectivity index (χ1n) is 13.4. The number of pyridine rings is 2. The van der Waals surface area contributed by atoms with E-state index in [0.29, 0.717) is 40.6 Å². The van der Waals surface area contributed by atoms with Crippen LogP contribution in [0, 0.1) is 5.92 Å². The lowest BCUT2D eigenvalue weighted by atomic mass is 10.0. The molecule has 3 N–H and O–H groups in total. The van der Waals surface area contributed by atoms with Crippen LogP contribution in [0.5, 0.6) is 0 Å². The van der Waals surface area contributed by atoms with Crippen LogP contribution < -0.4 is 10.6 Å². The van der Waals surface area contributed by atoms with Crippen molar-refractivity contribution in [2.45, 2.75) is 32.4 Å². The van der Waals surface area contributed by atoms with Crippen LogP contribution in [0.2, 0.25) is 5.02 Å². The van der Waals surface area contributed by atoms with E-state index < -0.39 is 11.9 Å². The van der Waals surface area contributed by atoms with Gasteiger partial charge in [-0.1, -0.05) is 43.6 Å². The van der Waals surface area contributed by atoms with Gasteiger partial charge in [0.05, 0.1) is 35.0 Å². The van der Waals surface area contributed by atoms with Crippen molar-refractivity contribution in [3.05, 3.63) is 88.8 Å². The minimum absolute atomic E-state index is 0.0841. The van der Waals surface area contributed by atoms with E-state index in [-0.39, 0.29) is 30.2 Å². The largest absolute Gasteiger partial charge is 0.394 e. The van der Waals surface area contributed by atoms with Crippen molar-refractivity contribution >= 4 is 45.9 Å². The highest BCUT2D eigenvalue weighted by atomic mass is 35.5. The highest BCUT2D eigenvalue weighted by Crippen LogP contribution is 2.27. The van der Waals surface area contributed by atoms with E-state index >= 15 is 0 Å². The number of fused-ring (bicyclic) bond motifs is 1. The van der Waals surface area contributed by atoms with E-state index in [9.17, 15) is 14.7 Å². The zero-order chi connectivity index (χ0) is 28.9. The molecule has 1 aliphatic rings. The highest BCUT2D eigenvalue weighted by Gasteiger charge is 2.27. The number of aliphatic imine (C=N–C) groups is 1. The summed E-state index contributed by atoms with van der Waals surface area (Å²) < 4.78 is 1.61. The van der Waals surface area contributed by atoms with Crippen molar-refractivity contribution in [1.82, 2.24) is 25.0 Å². The third kappa shape index (κ3) is 6.61. The lowest BCUT2D eigenvalue weighted by molar-refractivity contribution is 0.0901. The van der Waals surface area contributed by atoms with Crippen molar-refractivity contribution in [2.24, 2.45) is 10.9 Å². The van der Waals surface area contributed by atoms with Gasteiger partial charge in [-0.05, 0) is 48.7 Å². The van der Waals surface area contributed by atoms with E-state index in [1.54, 1.807) is 52.8 Å². The number of carbonyl (C=O) groups excluding carboxylic acids is 2. The normalized spacial score (nSPS) is 15.6. The Labute approximate surface area is 247 Å². The average molecular weight is 591 g/mol. The summed E-state index contributed by atoms with van der Waals surface area (Å²) in [6.45, 7) is 4.22. The molecule has 2 amide bonds. The van der Waals surface area contributed by atoms with Crippen LogP contribution in [0.3, 0.4) is 0 Å². The number of benzene rings is 1. The zero-order valence-electron chi connectivity index (χ0n) is 22.8. The summed E-state index contributed by atoms with van der Waals surface area (Å²) in [6.07, 6.45) is 3.94. The Kier molecular flexibility index (Phi) is 9.02. The summed E-state index contributed by atoms with van der Waals surface area (Å²) >= 11 is 7.76. The summed E-state index contributed by atoms with van der Waals surface area (Å²) in [4.78, 5) is 40.9. The van der Waals surface area contributed by atoms with Crippen molar-refractivity contribution < 1.29 is 14.7 Å². The van der Waals surface area contributed by atoms with E-state index in [0.717, 1.165) is 16.4 Å². The van der Waals surface area contributed by atoms with Crippen molar-refractivity contribution in [2.75, 3.05) is 18.9 Å². The molecule has 1 unspecified atom stereocenters. The zero-order valence-corrected chi connectivity index (χ0v) is 24.3. The molecule has 0 saturated carbocycles. The SMILES string of the molecule is CC(C)C[C@@H](CO)NC(=O)c1c(-c2ccccn2)nc2c(C(=O)NCC3CSC(c4cccc(Cl)c4)=N3)cccn12. The maximum Gasteiger partial charge on any atom is 0.270 e. The molecule has 0 saturated heterocycles. The van der Waals surface area contributed by atoms with Crippen LogP contribution in [0.1, 0.15) is 46.7 Å². The Hall–Kier alpha value is -3.73. The number of carbonyl (C=O) groups is 2.